The molecule has 0 fully saturated rings. The van der Waals surface area contributed by atoms with Gasteiger partial charge in [-0.05, 0) is 6.42 Å². The largest absolute Gasteiger partial charge is 0.378 e. The second-order valence-corrected chi connectivity index (χ2v) is 4.31. The van der Waals surface area contributed by atoms with E-state index in [4.69, 9.17) is 0 Å². The minimum Gasteiger partial charge on any atom is -0.378 e. The molecule has 5 nitrogen and oxygen atoms in total. The van der Waals surface area contributed by atoms with Gasteiger partial charge in [-0.3, -0.25) is 9.36 Å². The molecule has 0 atom stereocenters. The summed E-state index contributed by atoms with van der Waals surface area (Å²) in [4.78, 5) is 0. The van der Waals surface area contributed by atoms with Gasteiger partial charge in [-0.15, -0.1) is 0 Å². The van der Waals surface area contributed by atoms with Crippen molar-refractivity contribution in [3.8, 4) is 0 Å². The molecule has 104 valence electrons. The minimum atomic E-state index is -2.39. The summed E-state index contributed by atoms with van der Waals surface area (Å²) in [6.07, 6.45) is 5.53. The minimum absolute atomic E-state index is 0.379. The van der Waals surface area contributed by atoms with Crippen LogP contribution in [0.5, 0.6) is 0 Å². The molecule has 0 bridgehead atoms. The van der Waals surface area contributed by atoms with E-state index in [1.165, 1.54) is 4.68 Å². The van der Waals surface area contributed by atoms with E-state index in [9.17, 15) is 8.78 Å². The second-order valence-electron chi connectivity index (χ2n) is 4.31. The maximum Gasteiger partial charge on any atom is 0.257 e. The van der Waals surface area contributed by atoms with Crippen LogP contribution in [-0.2, 0) is 19.6 Å². The van der Waals surface area contributed by atoms with Crippen molar-refractivity contribution in [1.82, 2.24) is 19.6 Å². The molecule has 2 aromatic rings. The summed E-state index contributed by atoms with van der Waals surface area (Å²) in [7, 11) is 0. The Morgan fingerprint density at radius 1 is 1.21 bits per heavy atom. The Hall–Kier alpha value is -1.92. The third kappa shape index (κ3) is 4.04. The number of nitrogens with zero attached hydrogens (tertiary/aromatic N) is 4. The molecule has 7 heteroatoms. The lowest BCUT2D eigenvalue weighted by Crippen LogP contribution is -2.06. The second kappa shape index (κ2) is 6.31. The molecular formula is C12H17F2N5. The molecule has 0 aliphatic rings. The third-order valence-corrected chi connectivity index (χ3v) is 2.59. The maximum absolute atomic E-state index is 12.2. The quantitative estimate of drug-likeness (QED) is 0.839. The fourth-order valence-electron chi connectivity index (χ4n) is 1.75. The molecule has 2 rings (SSSR count). The zero-order valence-corrected chi connectivity index (χ0v) is 10.8. The van der Waals surface area contributed by atoms with E-state index in [0.717, 1.165) is 24.2 Å². The molecule has 19 heavy (non-hydrogen) atoms. The highest BCUT2D eigenvalue weighted by atomic mass is 19.3. The molecule has 0 aliphatic heterocycles. The number of alkyl halides is 2. The van der Waals surface area contributed by atoms with Gasteiger partial charge in [-0.25, -0.2) is 8.78 Å². The van der Waals surface area contributed by atoms with Gasteiger partial charge in [0.15, 0.2) is 0 Å². The number of aromatic nitrogens is 4. The fourth-order valence-corrected chi connectivity index (χ4v) is 1.75. The van der Waals surface area contributed by atoms with Crippen LogP contribution in [0.4, 0.5) is 14.5 Å². The number of rotatable bonds is 7. The molecule has 0 amide bonds. The first-order chi connectivity index (χ1) is 9.17. The summed E-state index contributed by atoms with van der Waals surface area (Å²) < 4.78 is 27.4. The van der Waals surface area contributed by atoms with Crippen molar-refractivity contribution >= 4 is 5.69 Å². The van der Waals surface area contributed by atoms with Gasteiger partial charge >= 0.3 is 0 Å². The summed E-state index contributed by atoms with van der Waals surface area (Å²) in [5, 5.41) is 11.2. The molecule has 2 aromatic heterocycles. The van der Waals surface area contributed by atoms with E-state index in [-0.39, 0.29) is 6.54 Å². The summed E-state index contributed by atoms with van der Waals surface area (Å²) in [5.41, 5.74) is 1.78. The highest BCUT2D eigenvalue weighted by Crippen LogP contribution is 2.09. The average Bonchev–Trinajstić information content (AvgIpc) is 2.96. The van der Waals surface area contributed by atoms with Gasteiger partial charge in [-0.2, -0.15) is 10.2 Å². The summed E-state index contributed by atoms with van der Waals surface area (Å²) in [5.74, 6) is 0. The van der Waals surface area contributed by atoms with Crippen LogP contribution >= 0.6 is 0 Å². The molecule has 0 aromatic carbocycles. The van der Waals surface area contributed by atoms with Crippen molar-refractivity contribution in [2.45, 2.75) is 39.4 Å². The molecule has 1 N–H and O–H groups in total. The lowest BCUT2D eigenvalue weighted by molar-refractivity contribution is 0.122. The predicted octanol–water partition coefficient (Wildman–Crippen LogP) is 2.37. The Morgan fingerprint density at radius 2 is 2.00 bits per heavy atom. The van der Waals surface area contributed by atoms with Crippen molar-refractivity contribution in [1.29, 1.82) is 0 Å². The van der Waals surface area contributed by atoms with Gasteiger partial charge in [0, 0.05) is 31.0 Å². The average molecular weight is 269 g/mol. The standard InChI is InChI=1S/C12H17F2N5/c1-2-3-18-7-10(5-16-18)4-15-11-6-17-19(8-11)9-12(13)14/h5-8,12,15H,2-4,9H2,1H3. The molecule has 0 spiro atoms. The maximum atomic E-state index is 12.2. The van der Waals surface area contributed by atoms with E-state index in [2.05, 4.69) is 22.4 Å². The van der Waals surface area contributed by atoms with Crippen LogP contribution in [0.15, 0.2) is 24.8 Å². The summed E-state index contributed by atoms with van der Waals surface area (Å²) in [6, 6.07) is 0. The first-order valence-corrected chi connectivity index (χ1v) is 6.23. The molecule has 0 aliphatic carbocycles. The lowest BCUT2D eigenvalue weighted by Gasteiger charge is -2.01. The van der Waals surface area contributed by atoms with Crippen molar-refractivity contribution in [3.63, 3.8) is 0 Å². The Morgan fingerprint density at radius 3 is 2.74 bits per heavy atom. The monoisotopic (exact) mass is 269 g/mol. The van der Waals surface area contributed by atoms with Crippen LogP contribution in [0, 0.1) is 0 Å². The van der Waals surface area contributed by atoms with Crippen LogP contribution in [0.3, 0.4) is 0 Å². The zero-order valence-electron chi connectivity index (χ0n) is 10.8. The normalized spacial score (nSPS) is 11.2. The number of hydrogen-bond acceptors (Lipinski definition) is 3. The van der Waals surface area contributed by atoms with Crippen molar-refractivity contribution < 1.29 is 8.78 Å². The van der Waals surface area contributed by atoms with Crippen molar-refractivity contribution in [3.05, 3.63) is 30.4 Å². The highest BCUT2D eigenvalue weighted by molar-refractivity contribution is 5.38. The Kier molecular flexibility index (Phi) is 4.48. The number of halogens is 2. The van der Waals surface area contributed by atoms with E-state index in [1.807, 2.05) is 10.9 Å². The highest BCUT2D eigenvalue weighted by Gasteiger charge is 2.05. The van der Waals surface area contributed by atoms with Crippen molar-refractivity contribution in [2.24, 2.45) is 0 Å². The van der Waals surface area contributed by atoms with Gasteiger partial charge in [0.25, 0.3) is 6.43 Å². The SMILES string of the molecule is CCCn1cc(CNc2cnn(CC(F)F)c2)cn1. The van der Waals surface area contributed by atoms with Crippen molar-refractivity contribution in [2.75, 3.05) is 5.32 Å². The number of anilines is 1. The molecule has 0 saturated heterocycles. The fraction of sp³-hybridized carbons (Fsp3) is 0.500. The van der Waals surface area contributed by atoms with E-state index in [1.54, 1.807) is 18.6 Å². The van der Waals surface area contributed by atoms with Crippen LogP contribution in [0.2, 0.25) is 0 Å². The van der Waals surface area contributed by atoms with Gasteiger partial charge < -0.3 is 5.32 Å². The number of hydrogen-bond donors (Lipinski definition) is 1. The van der Waals surface area contributed by atoms with Crippen LogP contribution in [0.1, 0.15) is 18.9 Å². The van der Waals surface area contributed by atoms with Gasteiger partial charge in [0.2, 0.25) is 0 Å². The van der Waals surface area contributed by atoms with Gasteiger partial charge in [0.1, 0.15) is 6.54 Å². The smallest absolute Gasteiger partial charge is 0.257 e. The lowest BCUT2D eigenvalue weighted by atomic mass is 10.3. The Labute approximate surface area is 110 Å². The molecule has 0 unspecified atom stereocenters. The predicted molar refractivity (Wildman–Crippen MR) is 68.1 cm³/mol. The van der Waals surface area contributed by atoms with E-state index >= 15 is 0 Å². The van der Waals surface area contributed by atoms with Crippen LogP contribution in [-0.4, -0.2) is 26.0 Å². The first-order valence-electron chi connectivity index (χ1n) is 6.23. The Balaban J connectivity index is 1.85. The van der Waals surface area contributed by atoms with Crippen LogP contribution in [0.25, 0.3) is 0 Å². The molecular weight excluding hydrogens is 252 g/mol. The summed E-state index contributed by atoms with van der Waals surface area (Å²) in [6.45, 7) is 3.21. The molecule has 0 saturated carbocycles. The third-order valence-electron chi connectivity index (χ3n) is 2.59. The van der Waals surface area contributed by atoms with Crippen LogP contribution < -0.4 is 5.32 Å². The van der Waals surface area contributed by atoms with Gasteiger partial charge in [-0.1, -0.05) is 6.92 Å². The van der Waals surface area contributed by atoms with Gasteiger partial charge in [0.05, 0.1) is 18.1 Å². The first kappa shape index (κ1) is 13.5. The topological polar surface area (TPSA) is 47.7 Å². The number of nitrogens with one attached hydrogen (secondary N) is 1. The molecule has 2 heterocycles. The Bertz CT molecular complexity index is 506. The van der Waals surface area contributed by atoms with E-state index in [0.29, 0.717) is 6.54 Å². The molecule has 0 radical (unpaired) electrons. The zero-order chi connectivity index (χ0) is 13.7. The summed E-state index contributed by atoms with van der Waals surface area (Å²) >= 11 is 0. The number of aryl methyl sites for hydroxylation is 1. The van der Waals surface area contributed by atoms with E-state index < -0.39 is 6.43 Å².